The van der Waals surface area contributed by atoms with Crippen LogP contribution >= 0.6 is 23.6 Å². The number of phenols is 1. The van der Waals surface area contributed by atoms with Crippen LogP contribution in [0.4, 0.5) is 56.5 Å². The summed E-state index contributed by atoms with van der Waals surface area (Å²) in [5, 5.41) is 43.7. The van der Waals surface area contributed by atoms with Gasteiger partial charge in [0.25, 0.3) is 40.5 Å². The van der Waals surface area contributed by atoms with Crippen LogP contribution in [0.25, 0.3) is 21.5 Å². The number of anilines is 5. The maximum Gasteiger partial charge on any atom is 0.357 e. The van der Waals surface area contributed by atoms with E-state index in [1.165, 1.54) is 6.07 Å². The number of hydrogen-bond donors (Lipinski definition) is 12. The number of nitrogens with one attached hydrogen (secondary N) is 3. The molecule has 2 unspecified atom stereocenters. The van der Waals surface area contributed by atoms with Crippen LogP contribution in [0.3, 0.4) is 0 Å². The van der Waals surface area contributed by atoms with Crippen molar-refractivity contribution in [3.63, 3.8) is 0 Å². The molecule has 0 bridgehead atoms. The van der Waals surface area contributed by atoms with E-state index in [1.807, 2.05) is 0 Å². The molecule has 0 saturated carbocycles. The van der Waals surface area contributed by atoms with Gasteiger partial charge in [-0.2, -0.15) is 57.0 Å². The highest BCUT2D eigenvalue weighted by molar-refractivity contribution is 7.97. The summed E-state index contributed by atoms with van der Waals surface area (Å²) < 4.78 is 222. The zero-order valence-corrected chi connectivity index (χ0v) is 46.9. The maximum absolute atomic E-state index is 13.1. The molecule has 1 heterocycles. The van der Waals surface area contributed by atoms with Crippen molar-refractivity contribution in [1.82, 2.24) is 15.0 Å². The molecule has 440 valence electrons. The van der Waals surface area contributed by atoms with Gasteiger partial charge in [-0.3, -0.25) is 27.3 Å². The molecule has 0 fully saturated rings. The number of phenolic OH excluding ortho intramolecular Hbond substituents is 1. The molecular formula is C38H28ClN11O25S8. The van der Waals surface area contributed by atoms with Gasteiger partial charge in [-0.25, -0.2) is 18.5 Å². The number of azo groups is 2. The van der Waals surface area contributed by atoms with Crippen molar-refractivity contribution in [1.29, 1.82) is 0 Å². The SMILES string of the molecule is C=CS(=O)(=O)c1cc(N=Nc2c(OS(=O)O)cc3c(S(=O)(=O)O)c(Nc4nc(Cl)nc(Nc5ccc(N=Nc6cc7c(S(=O)(=O)O)cc(S(=O)(=O)O)cc7cc6OS(=O)O)c(NC(N)=O)c5)n4)ccc3c2O)c(S(=O)(=O)O)cc1SOOO. The standard InChI is InChI=1S/C38H28ClN11O25S8/c1-2-79(58,59)31-13-25(30(82(66,67)68)14-28(31)76-75-74-53)49-50-32-27(73-78(56)57)12-20-18(33(32)51)4-6-22(34(20)83(69,70)71)43-38-45-35(39)44-37(46-38)41-16-3-5-21(23(9-16)42-36(40)52)47-48-24-11-19-15(8-26(24)72-77(54)55)7-17(80(60,61)62)10-29(19)81(63,64)65/h2-14,51,53H,1H2,(H,54,55)(H,56,57)(H3,40,42,52)(H,60,61,62)(H,63,64,65)(H,66,67,68)(H,69,70,71)(H2,41,43,44,45,46). The Balaban J connectivity index is 1.27. The number of benzene rings is 6. The molecular weight excluding hydrogens is 1300 g/mol. The van der Waals surface area contributed by atoms with Crippen LogP contribution in [-0.4, -0.2) is 109 Å². The van der Waals surface area contributed by atoms with Gasteiger partial charge in [0.2, 0.25) is 27.0 Å². The molecule has 6 aromatic carbocycles. The maximum atomic E-state index is 13.1. The number of aromatic hydroxyl groups is 1. The third-order valence-corrected chi connectivity index (χ3v) is 16.7. The van der Waals surface area contributed by atoms with Gasteiger partial charge in [0.15, 0.2) is 22.9 Å². The second-order valence-corrected chi connectivity index (χ2v) is 25.1. The number of primary amides is 1. The lowest BCUT2D eigenvalue weighted by atomic mass is 10.1. The van der Waals surface area contributed by atoms with Gasteiger partial charge >= 0.3 is 28.8 Å². The van der Waals surface area contributed by atoms with E-state index < -0.39 is 182 Å². The number of halogens is 1. The Bertz CT molecular complexity index is 4600. The van der Waals surface area contributed by atoms with Gasteiger partial charge in [0.1, 0.15) is 31.7 Å². The van der Waals surface area contributed by atoms with Crippen LogP contribution in [0.5, 0.6) is 17.2 Å². The van der Waals surface area contributed by atoms with Crippen molar-refractivity contribution in [2.75, 3.05) is 16.0 Å². The number of nitrogens with zero attached hydrogens (tertiary/aromatic N) is 7. The third kappa shape index (κ3) is 15.0. The highest BCUT2D eigenvalue weighted by Gasteiger charge is 2.29. The van der Waals surface area contributed by atoms with E-state index in [-0.39, 0.29) is 34.5 Å². The van der Waals surface area contributed by atoms with E-state index in [0.29, 0.717) is 29.7 Å². The van der Waals surface area contributed by atoms with Crippen molar-refractivity contribution in [2.45, 2.75) is 29.4 Å². The van der Waals surface area contributed by atoms with Crippen LogP contribution in [-0.2, 0) is 82.4 Å². The van der Waals surface area contributed by atoms with E-state index in [2.05, 4.69) is 67.3 Å². The minimum absolute atomic E-state index is 0.0319. The highest BCUT2D eigenvalue weighted by Crippen LogP contribution is 2.48. The largest absolute Gasteiger partial charge is 0.505 e. The second kappa shape index (κ2) is 24.3. The Kier molecular flexibility index (Phi) is 18.4. The van der Waals surface area contributed by atoms with Crippen LogP contribution in [0, 0.1) is 0 Å². The molecule has 0 aliphatic rings. The van der Waals surface area contributed by atoms with E-state index in [1.54, 1.807) is 0 Å². The molecule has 0 radical (unpaired) electrons. The van der Waals surface area contributed by atoms with Crippen molar-refractivity contribution in [3.05, 3.63) is 90.1 Å². The zero-order chi connectivity index (χ0) is 61.3. The number of carbonyl (C=O) groups is 1. The van der Waals surface area contributed by atoms with Gasteiger partial charge in [0, 0.05) is 27.3 Å². The molecule has 2 amide bonds. The first-order valence-corrected chi connectivity index (χ1v) is 31.2. The summed E-state index contributed by atoms with van der Waals surface area (Å²) in [6.45, 7) is 3.14. The fourth-order valence-electron chi connectivity index (χ4n) is 7.01. The molecule has 83 heavy (non-hydrogen) atoms. The smallest absolute Gasteiger partial charge is 0.357 e. The number of amides is 2. The number of hydrogen-bond acceptors (Lipinski definition) is 29. The van der Waals surface area contributed by atoms with Gasteiger partial charge < -0.3 is 35.2 Å². The summed E-state index contributed by atoms with van der Waals surface area (Å²) in [5.74, 6) is -3.89. The molecule has 1 aromatic heterocycles. The van der Waals surface area contributed by atoms with Gasteiger partial charge in [-0.05, 0) is 89.8 Å². The topological polar surface area (TPSA) is 571 Å². The number of sulfone groups is 1. The Morgan fingerprint density at radius 2 is 1.29 bits per heavy atom. The minimum Gasteiger partial charge on any atom is -0.505 e. The average molecular weight is 1330 g/mol. The summed E-state index contributed by atoms with van der Waals surface area (Å²) >= 11 is -0.323. The first-order chi connectivity index (χ1) is 38.6. The van der Waals surface area contributed by atoms with Crippen LogP contribution in [0.2, 0.25) is 5.28 Å². The molecule has 0 aliphatic carbocycles. The van der Waals surface area contributed by atoms with Crippen molar-refractivity contribution in [3.8, 4) is 17.2 Å². The molecule has 13 N–H and O–H groups in total. The van der Waals surface area contributed by atoms with E-state index in [4.69, 9.17) is 31.0 Å². The quantitative estimate of drug-likeness (QED) is 0.00837. The summed E-state index contributed by atoms with van der Waals surface area (Å²) in [5.41, 5.74) is 1.66. The summed E-state index contributed by atoms with van der Waals surface area (Å²) in [7, 11) is -25.8. The number of rotatable bonds is 22. The van der Waals surface area contributed by atoms with Gasteiger partial charge in [-0.1, -0.05) is 11.6 Å². The Hall–Kier alpha value is -7.61. The van der Waals surface area contributed by atoms with Crippen LogP contribution in [0.15, 0.2) is 135 Å². The lowest BCUT2D eigenvalue weighted by Gasteiger charge is -2.16. The van der Waals surface area contributed by atoms with Crippen molar-refractivity contribution < 1.29 is 111 Å². The van der Waals surface area contributed by atoms with E-state index >= 15 is 0 Å². The van der Waals surface area contributed by atoms with Crippen molar-refractivity contribution in [2.24, 2.45) is 26.2 Å². The number of urea groups is 1. The predicted octanol–water partition coefficient (Wildman–Crippen LogP) is 6.71. The predicted molar refractivity (Wildman–Crippen MR) is 286 cm³/mol. The summed E-state index contributed by atoms with van der Waals surface area (Å²) in [6.07, 6.45) is 0. The Labute approximate surface area is 477 Å². The third-order valence-electron chi connectivity index (χ3n) is 10.2. The number of fused-ring (bicyclic) bond motifs is 2. The lowest BCUT2D eigenvalue weighted by molar-refractivity contribution is -0.432. The van der Waals surface area contributed by atoms with Crippen LogP contribution in [0.1, 0.15) is 0 Å². The molecule has 0 saturated heterocycles. The highest BCUT2D eigenvalue weighted by atomic mass is 35.5. The molecule has 7 rings (SSSR count). The molecule has 7 aromatic rings. The Morgan fingerprint density at radius 1 is 0.663 bits per heavy atom. The van der Waals surface area contributed by atoms with Gasteiger partial charge in [-0.15, -0.1) is 24.8 Å². The molecule has 0 aliphatic heterocycles. The van der Waals surface area contributed by atoms with Crippen LogP contribution < -0.4 is 30.1 Å². The summed E-state index contributed by atoms with van der Waals surface area (Å²) in [6, 6.07) is 8.61. The fraction of sp³-hybridized carbons (Fsp3) is 0. The monoisotopic (exact) mass is 1330 g/mol. The number of carbonyl (C=O) groups excluding carboxylic acids is 1. The number of nitrogens with two attached hydrogens (primary N) is 1. The van der Waals surface area contributed by atoms with Gasteiger partial charge in [0.05, 0.1) is 38.1 Å². The molecule has 36 nitrogen and oxygen atoms in total. The first kappa shape index (κ1) is 63.0. The second-order valence-electron chi connectivity index (χ2n) is 15.4. The van der Waals surface area contributed by atoms with Crippen molar-refractivity contribution >= 4 is 176 Å². The number of aromatic nitrogens is 3. The molecule has 0 spiro atoms. The first-order valence-electron chi connectivity index (χ1n) is 20.7. The summed E-state index contributed by atoms with van der Waals surface area (Å²) in [4.78, 5) is 18.2. The average Bonchev–Trinajstić information content (AvgIpc) is 3.48. The lowest BCUT2D eigenvalue weighted by Crippen LogP contribution is -2.19. The Morgan fingerprint density at radius 3 is 1.88 bits per heavy atom. The zero-order valence-electron chi connectivity index (χ0n) is 39.6. The fourth-order valence-corrected chi connectivity index (χ4v) is 12.3. The van der Waals surface area contributed by atoms with E-state index in [0.717, 1.165) is 42.5 Å². The normalized spacial score (nSPS) is 13.3. The molecule has 2 atom stereocenters. The minimum atomic E-state index is -5.50. The van der Waals surface area contributed by atoms with E-state index in [9.17, 15) is 87.7 Å². The molecule has 45 heteroatoms.